The van der Waals surface area contributed by atoms with Gasteiger partial charge in [0.2, 0.25) is 10.0 Å². The maximum absolute atomic E-state index is 12.1. The number of nitrogens with zero attached hydrogens (tertiary/aromatic N) is 3. The van der Waals surface area contributed by atoms with Crippen molar-refractivity contribution in [2.24, 2.45) is 5.92 Å². The molecule has 1 fully saturated rings. The Kier molecular flexibility index (Phi) is 6.31. The Bertz CT molecular complexity index is 542. The van der Waals surface area contributed by atoms with Gasteiger partial charge in [0.15, 0.2) is 0 Å². The molecule has 1 atom stereocenters. The molecule has 0 amide bonds. The van der Waals surface area contributed by atoms with E-state index in [0.717, 1.165) is 39.3 Å². The second-order valence-corrected chi connectivity index (χ2v) is 7.65. The Morgan fingerprint density at radius 3 is 2.55 bits per heavy atom. The van der Waals surface area contributed by atoms with Crippen molar-refractivity contribution in [2.45, 2.75) is 18.7 Å². The summed E-state index contributed by atoms with van der Waals surface area (Å²) >= 11 is 0. The highest BCUT2D eigenvalue weighted by Crippen LogP contribution is 2.08. The fraction of sp³-hybridized carbons (Fsp3) is 0.667. The molecule has 1 saturated heterocycles. The number of rotatable bonds is 7. The molecule has 22 heavy (non-hydrogen) atoms. The van der Waals surface area contributed by atoms with Gasteiger partial charge in [-0.05, 0) is 24.6 Å². The zero-order chi connectivity index (χ0) is 16.0. The van der Waals surface area contributed by atoms with Gasteiger partial charge in [-0.2, -0.15) is 0 Å². The first-order valence-corrected chi connectivity index (χ1v) is 9.34. The summed E-state index contributed by atoms with van der Waals surface area (Å²) in [5.41, 5.74) is 0. The topological polar surface area (TPSA) is 65.5 Å². The lowest BCUT2D eigenvalue weighted by Gasteiger charge is -2.35. The van der Waals surface area contributed by atoms with Crippen molar-refractivity contribution in [3.63, 3.8) is 0 Å². The van der Waals surface area contributed by atoms with E-state index < -0.39 is 10.0 Å². The average Bonchev–Trinajstić information content (AvgIpc) is 2.55. The number of likely N-dealkylation sites (N-methyl/N-ethyl adjacent to an activating group) is 1. The number of aromatic nitrogens is 1. The van der Waals surface area contributed by atoms with Gasteiger partial charge >= 0.3 is 0 Å². The molecule has 0 aliphatic carbocycles. The van der Waals surface area contributed by atoms with Crippen molar-refractivity contribution < 1.29 is 8.42 Å². The van der Waals surface area contributed by atoms with E-state index >= 15 is 0 Å². The molecule has 2 rings (SSSR count). The van der Waals surface area contributed by atoms with Gasteiger partial charge in [0.1, 0.15) is 4.90 Å². The Balaban J connectivity index is 1.77. The first-order chi connectivity index (χ1) is 10.5. The van der Waals surface area contributed by atoms with Crippen LogP contribution in [0.15, 0.2) is 29.4 Å². The van der Waals surface area contributed by atoms with Crippen LogP contribution in [0, 0.1) is 5.92 Å². The monoisotopic (exact) mass is 326 g/mol. The third-order valence-electron chi connectivity index (χ3n) is 4.05. The summed E-state index contributed by atoms with van der Waals surface area (Å²) in [5.74, 6) is 0.277. The van der Waals surface area contributed by atoms with E-state index in [1.54, 1.807) is 18.3 Å². The zero-order valence-electron chi connectivity index (χ0n) is 13.4. The molecule has 0 unspecified atom stereocenters. The van der Waals surface area contributed by atoms with E-state index in [-0.39, 0.29) is 10.8 Å². The van der Waals surface area contributed by atoms with Gasteiger partial charge in [0.25, 0.3) is 0 Å². The fourth-order valence-corrected chi connectivity index (χ4v) is 3.76. The predicted octanol–water partition coefficient (Wildman–Crippen LogP) is 0.634. The minimum absolute atomic E-state index is 0.221. The molecule has 0 saturated carbocycles. The van der Waals surface area contributed by atoms with Gasteiger partial charge in [-0.1, -0.05) is 13.8 Å². The van der Waals surface area contributed by atoms with Crippen LogP contribution < -0.4 is 4.72 Å². The molecule has 1 aliphatic heterocycles. The molecule has 0 bridgehead atoms. The van der Waals surface area contributed by atoms with Crippen LogP contribution in [0.3, 0.4) is 0 Å². The molecule has 124 valence electrons. The lowest BCUT2D eigenvalue weighted by atomic mass is 10.1. The summed E-state index contributed by atoms with van der Waals surface area (Å²) in [6.45, 7) is 11.1. The van der Waals surface area contributed by atoms with Crippen LogP contribution in [-0.4, -0.2) is 69.0 Å². The Hall–Kier alpha value is -1.02. The van der Waals surface area contributed by atoms with E-state index in [0.29, 0.717) is 6.54 Å². The SMILES string of the molecule is CCN1CCN(C[C@H](C)CNS(=O)(=O)c2cccnc2)CC1. The molecule has 0 spiro atoms. The van der Waals surface area contributed by atoms with Gasteiger partial charge in [0.05, 0.1) is 0 Å². The van der Waals surface area contributed by atoms with E-state index in [2.05, 4.69) is 33.4 Å². The third kappa shape index (κ3) is 5.01. The van der Waals surface area contributed by atoms with E-state index in [1.165, 1.54) is 6.20 Å². The van der Waals surface area contributed by atoms with Crippen molar-refractivity contribution in [1.29, 1.82) is 0 Å². The van der Waals surface area contributed by atoms with Gasteiger partial charge in [-0.15, -0.1) is 0 Å². The van der Waals surface area contributed by atoms with E-state index in [1.807, 2.05) is 0 Å². The molecule has 7 heteroatoms. The zero-order valence-corrected chi connectivity index (χ0v) is 14.2. The van der Waals surface area contributed by atoms with Gasteiger partial charge in [-0.3, -0.25) is 4.98 Å². The molecular weight excluding hydrogens is 300 g/mol. The van der Waals surface area contributed by atoms with Crippen molar-refractivity contribution in [3.8, 4) is 0 Å². The highest BCUT2D eigenvalue weighted by atomic mass is 32.2. The molecule has 1 aliphatic rings. The largest absolute Gasteiger partial charge is 0.301 e. The Morgan fingerprint density at radius 2 is 1.95 bits per heavy atom. The van der Waals surface area contributed by atoms with Crippen LogP contribution in [0.5, 0.6) is 0 Å². The number of sulfonamides is 1. The lowest BCUT2D eigenvalue weighted by molar-refractivity contribution is 0.125. The second kappa shape index (κ2) is 8.01. The molecule has 2 heterocycles. The number of pyridine rings is 1. The molecule has 6 nitrogen and oxygen atoms in total. The summed E-state index contributed by atoms with van der Waals surface area (Å²) in [5, 5.41) is 0. The van der Waals surface area contributed by atoms with E-state index in [4.69, 9.17) is 0 Å². The summed E-state index contributed by atoms with van der Waals surface area (Å²) in [6.07, 6.45) is 2.94. The number of hydrogen-bond donors (Lipinski definition) is 1. The maximum Gasteiger partial charge on any atom is 0.242 e. The average molecular weight is 326 g/mol. The minimum Gasteiger partial charge on any atom is -0.301 e. The molecule has 1 aromatic heterocycles. The Morgan fingerprint density at radius 1 is 1.27 bits per heavy atom. The summed E-state index contributed by atoms with van der Waals surface area (Å²) in [4.78, 5) is 8.92. The van der Waals surface area contributed by atoms with Crippen molar-refractivity contribution in [1.82, 2.24) is 19.5 Å². The lowest BCUT2D eigenvalue weighted by Crippen LogP contribution is -2.48. The first-order valence-electron chi connectivity index (χ1n) is 7.85. The highest BCUT2D eigenvalue weighted by molar-refractivity contribution is 7.89. The first kappa shape index (κ1) is 17.3. The molecule has 0 aromatic carbocycles. The van der Waals surface area contributed by atoms with Crippen LogP contribution in [0.2, 0.25) is 0 Å². The number of nitrogens with one attached hydrogen (secondary N) is 1. The summed E-state index contributed by atoms with van der Waals surface area (Å²) in [7, 11) is -3.45. The van der Waals surface area contributed by atoms with Crippen LogP contribution in [-0.2, 0) is 10.0 Å². The maximum atomic E-state index is 12.1. The molecule has 0 radical (unpaired) electrons. The Labute approximate surface area is 133 Å². The molecular formula is C15H26N4O2S. The molecule has 1 N–H and O–H groups in total. The van der Waals surface area contributed by atoms with Crippen molar-refractivity contribution >= 4 is 10.0 Å². The summed E-state index contributed by atoms with van der Waals surface area (Å²) < 4.78 is 27.0. The van der Waals surface area contributed by atoms with Crippen LogP contribution in [0.25, 0.3) is 0 Å². The smallest absolute Gasteiger partial charge is 0.242 e. The molecule has 1 aromatic rings. The predicted molar refractivity (Wildman–Crippen MR) is 87.1 cm³/mol. The van der Waals surface area contributed by atoms with Gasteiger partial charge in [-0.25, -0.2) is 13.1 Å². The fourth-order valence-electron chi connectivity index (χ4n) is 2.63. The normalized spacial score (nSPS) is 19.2. The second-order valence-electron chi connectivity index (χ2n) is 5.88. The van der Waals surface area contributed by atoms with Crippen molar-refractivity contribution in [3.05, 3.63) is 24.5 Å². The third-order valence-corrected chi connectivity index (χ3v) is 5.46. The minimum atomic E-state index is -3.45. The van der Waals surface area contributed by atoms with Crippen LogP contribution >= 0.6 is 0 Å². The summed E-state index contributed by atoms with van der Waals surface area (Å²) in [6, 6.07) is 3.19. The van der Waals surface area contributed by atoms with Crippen LogP contribution in [0.4, 0.5) is 0 Å². The van der Waals surface area contributed by atoms with Crippen LogP contribution in [0.1, 0.15) is 13.8 Å². The number of piperazine rings is 1. The standard InChI is InChI=1S/C15H26N4O2S/c1-3-18-7-9-19(10-8-18)13-14(2)11-17-22(20,21)15-5-4-6-16-12-15/h4-6,12,14,17H,3,7-11,13H2,1-2H3/t14-/m1/s1. The van der Waals surface area contributed by atoms with Crippen molar-refractivity contribution in [2.75, 3.05) is 45.8 Å². The highest BCUT2D eigenvalue weighted by Gasteiger charge is 2.19. The number of hydrogen-bond acceptors (Lipinski definition) is 5. The quantitative estimate of drug-likeness (QED) is 0.796. The van der Waals surface area contributed by atoms with Gasteiger partial charge in [0, 0.05) is 51.7 Å². The van der Waals surface area contributed by atoms with Gasteiger partial charge < -0.3 is 9.80 Å². The van der Waals surface area contributed by atoms with E-state index in [9.17, 15) is 8.42 Å².